The fourth-order valence-corrected chi connectivity index (χ4v) is 2.05. The van der Waals surface area contributed by atoms with Crippen LogP contribution in [0.5, 0.6) is 5.75 Å². The summed E-state index contributed by atoms with van der Waals surface area (Å²) < 4.78 is 5.62. The van der Waals surface area contributed by atoms with Gasteiger partial charge in [0.05, 0.1) is 0 Å². The van der Waals surface area contributed by atoms with Crippen LogP contribution in [0.25, 0.3) is 0 Å². The Bertz CT molecular complexity index is 562. The van der Waals surface area contributed by atoms with E-state index in [-0.39, 0.29) is 11.5 Å². The monoisotopic (exact) mass is 244 g/mol. The third kappa shape index (κ3) is 2.16. The third-order valence-electron chi connectivity index (χ3n) is 3.12. The van der Waals surface area contributed by atoms with Crippen LogP contribution in [0.15, 0.2) is 34.7 Å². The molecule has 1 aromatic carbocycles. The zero-order valence-electron chi connectivity index (χ0n) is 10.7. The second kappa shape index (κ2) is 4.69. The highest BCUT2D eigenvalue weighted by Gasteiger charge is 2.25. The number of aryl methyl sites for hydroxylation is 2. The van der Waals surface area contributed by atoms with Gasteiger partial charge in [-0.2, -0.15) is 0 Å². The second-order valence-corrected chi connectivity index (χ2v) is 4.49. The van der Waals surface area contributed by atoms with Crippen molar-refractivity contribution >= 4 is 5.78 Å². The van der Waals surface area contributed by atoms with E-state index in [0.29, 0.717) is 11.3 Å². The smallest absolute Gasteiger partial charge is 0.145 e. The lowest BCUT2D eigenvalue weighted by Gasteiger charge is -2.13. The van der Waals surface area contributed by atoms with Gasteiger partial charge in [-0.3, -0.25) is 4.79 Å². The van der Waals surface area contributed by atoms with Crippen molar-refractivity contribution in [3.8, 4) is 5.75 Å². The molecule has 1 atom stereocenters. The second-order valence-electron chi connectivity index (χ2n) is 4.49. The normalized spacial score (nSPS) is 12.4. The van der Waals surface area contributed by atoms with E-state index in [1.807, 2.05) is 19.9 Å². The average Bonchev–Trinajstić information content (AvgIpc) is 2.61. The number of aromatic hydroxyl groups is 1. The van der Waals surface area contributed by atoms with Gasteiger partial charge < -0.3 is 9.52 Å². The van der Waals surface area contributed by atoms with Crippen LogP contribution in [0.1, 0.15) is 35.5 Å². The van der Waals surface area contributed by atoms with E-state index in [9.17, 15) is 9.90 Å². The maximum absolute atomic E-state index is 11.8. The standard InChI is InChI=1S/C15H16O3/c1-9-8-14(18-11(9)3)15(10(2)16)12-6-4-5-7-13(12)17/h4-8,15,17H,1-3H3. The van der Waals surface area contributed by atoms with E-state index >= 15 is 0 Å². The first kappa shape index (κ1) is 12.4. The van der Waals surface area contributed by atoms with Crippen molar-refractivity contribution in [2.45, 2.75) is 26.7 Å². The van der Waals surface area contributed by atoms with Gasteiger partial charge in [-0.25, -0.2) is 0 Å². The summed E-state index contributed by atoms with van der Waals surface area (Å²) in [7, 11) is 0. The number of phenolic OH excluding ortho intramolecular Hbond substituents is 1. The number of carbonyl (C=O) groups is 1. The minimum absolute atomic E-state index is 0.0507. The van der Waals surface area contributed by atoms with E-state index in [2.05, 4.69) is 0 Å². The van der Waals surface area contributed by atoms with E-state index in [0.717, 1.165) is 11.3 Å². The molecule has 1 N–H and O–H groups in total. The zero-order chi connectivity index (χ0) is 13.3. The van der Waals surface area contributed by atoms with E-state index in [1.165, 1.54) is 6.92 Å². The third-order valence-corrected chi connectivity index (χ3v) is 3.12. The summed E-state index contributed by atoms with van der Waals surface area (Å²) in [6, 6.07) is 8.71. The van der Waals surface area contributed by atoms with E-state index in [4.69, 9.17) is 4.42 Å². The van der Waals surface area contributed by atoms with E-state index < -0.39 is 5.92 Å². The number of rotatable bonds is 3. The SMILES string of the molecule is CC(=O)C(c1cc(C)c(C)o1)c1ccccc1O. The molecule has 1 heterocycles. The molecule has 0 radical (unpaired) electrons. The van der Waals surface area contributed by atoms with E-state index in [1.54, 1.807) is 24.3 Å². The Morgan fingerprint density at radius 3 is 2.44 bits per heavy atom. The molecule has 3 heteroatoms. The van der Waals surface area contributed by atoms with Crippen LogP contribution >= 0.6 is 0 Å². The summed E-state index contributed by atoms with van der Waals surface area (Å²) in [5, 5.41) is 9.87. The predicted molar refractivity (Wildman–Crippen MR) is 68.8 cm³/mol. The van der Waals surface area contributed by atoms with Crippen molar-refractivity contribution < 1.29 is 14.3 Å². The van der Waals surface area contributed by atoms with Crippen LogP contribution in [0.4, 0.5) is 0 Å². The number of phenols is 1. The number of carbonyl (C=O) groups excluding carboxylic acids is 1. The van der Waals surface area contributed by atoms with Gasteiger partial charge in [0.2, 0.25) is 0 Å². The van der Waals surface area contributed by atoms with Gasteiger partial charge in [0.1, 0.15) is 29.0 Å². The van der Waals surface area contributed by atoms with Crippen LogP contribution < -0.4 is 0 Å². The summed E-state index contributed by atoms with van der Waals surface area (Å²) in [5.41, 5.74) is 1.59. The maximum atomic E-state index is 11.8. The fraction of sp³-hybridized carbons (Fsp3) is 0.267. The highest BCUT2D eigenvalue weighted by atomic mass is 16.3. The Balaban J connectivity index is 2.54. The molecule has 2 aromatic rings. The summed E-state index contributed by atoms with van der Waals surface area (Å²) in [4.78, 5) is 11.8. The average molecular weight is 244 g/mol. The van der Waals surface area contributed by atoms with Gasteiger partial charge in [-0.05, 0) is 38.5 Å². The van der Waals surface area contributed by atoms with Crippen LogP contribution in [0.2, 0.25) is 0 Å². The fourth-order valence-electron chi connectivity index (χ4n) is 2.05. The highest BCUT2D eigenvalue weighted by Crippen LogP contribution is 2.33. The lowest BCUT2D eigenvalue weighted by atomic mass is 9.92. The quantitative estimate of drug-likeness (QED) is 0.901. The minimum Gasteiger partial charge on any atom is -0.508 e. The van der Waals surface area contributed by atoms with Gasteiger partial charge in [-0.15, -0.1) is 0 Å². The molecule has 2 rings (SSSR count). The van der Waals surface area contributed by atoms with Crippen molar-refractivity contribution in [2.75, 3.05) is 0 Å². The van der Waals surface area contributed by atoms with Crippen LogP contribution in [0, 0.1) is 13.8 Å². The molecule has 3 nitrogen and oxygen atoms in total. The minimum atomic E-state index is -0.543. The number of para-hydroxylation sites is 1. The number of furan rings is 1. The summed E-state index contributed by atoms with van der Waals surface area (Å²) >= 11 is 0. The molecule has 1 aromatic heterocycles. The first-order valence-electron chi connectivity index (χ1n) is 5.86. The van der Waals surface area contributed by atoms with Crippen molar-refractivity contribution in [1.82, 2.24) is 0 Å². The first-order valence-corrected chi connectivity index (χ1v) is 5.86. The largest absolute Gasteiger partial charge is 0.508 e. The predicted octanol–water partition coefficient (Wildman–Crippen LogP) is 3.32. The number of hydrogen-bond acceptors (Lipinski definition) is 3. The first-order chi connectivity index (χ1) is 8.50. The molecule has 0 saturated heterocycles. The molecule has 0 spiro atoms. The molecular weight excluding hydrogens is 228 g/mol. The van der Waals surface area contributed by atoms with Crippen LogP contribution in [-0.4, -0.2) is 10.9 Å². The lowest BCUT2D eigenvalue weighted by molar-refractivity contribution is -0.117. The molecule has 0 aliphatic carbocycles. The number of hydrogen-bond donors (Lipinski definition) is 1. The van der Waals surface area contributed by atoms with Crippen LogP contribution in [0.3, 0.4) is 0 Å². The van der Waals surface area contributed by atoms with Crippen molar-refractivity contribution in [3.63, 3.8) is 0 Å². The van der Waals surface area contributed by atoms with Crippen LogP contribution in [-0.2, 0) is 4.79 Å². The zero-order valence-corrected chi connectivity index (χ0v) is 10.7. The summed E-state index contributed by atoms with van der Waals surface area (Å²) in [6.07, 6.45) is 0. The number of benzene rings is 1. The molecule has 0 aliphatic rings. The van der Waals surface area contributed by atoms with Gasteiger partial charge in [-0.1, -0.05) is 18.2 Å². The molecule has 0 fully saturated rings. The van der Waals surface area contributed by atoms with Gasteiger partial charge in [0.25, 0.3) is 0 Å². The Hall–Kier alpha value is -2.03. The molecule has 0 aliphatic heterocycles. The topological polar surface area (TPSA) is 50.4 Å². The molecule has 18 heavy (non-hydrogen) atoms. The van der Waals surface area contributed by atoms with Crippen molar-refractivity contribution in [3.05, 3.63) is 53.0 Å². The Kier molecular flexibility index (Phi) is 3.24. The van der Waals surface area contributed by atoms with Crippen molar-refractivity contribution in [2.24, 2.45) is 0 Å². The molecule has 0 bridgehead atoms. The molecule has 0 amide bonds. The molecule has 0 saturated carbocycles. The Labute approximate surface area is 106 Å². The van der Waals surface area contributed by atoms with Gasteiger partial charge in [0, 0.05) is 5.56 Å². The Morgan fingerprint density at radius 1 is 1.28 bits per heavy atom. The van der Waals surface area contributed by atoms with Gasteiger partial charge in [0.15, 0.2) is 0 Å². The molecule has 94 valence electrons. The Morgan fingerprint density at radius 2 is 1.94 bits per heavy atom. The molecule has 1 unspecified atom stereocenters. The maximum Gasteiger partial charge on any atom is 0.145 e. The summed E-state index contributed by atoms with van der Waals surface area (Å²) in [5.74, 6) is 0.902. The van der Waals surface area contributed by atoms with Crippen molar-refractivity contribution in [1.29, 1.82) is 0 Å². The molecular formula is C15H16O3. The number of ketones is 1. The highest BCUT2D eigenvalue weighted by molar-refractivity contribution is 5.87. The summed E-state index contributed by atoms with van der Waals surface area (Å²) in [6.45, 7) is 5.30. The number of Topliss-reactive ketones (excluding diaryl/α,β-unsaturated/α-hetero) is 1. The lowest BCUT2D eigenvalue weighted by Crippen LogP contribution is -2.09. The van der Waals surface area contributed by atoms with Gasteiger partial charge >= 0.3 is 0 Å².